The lowest BCUT2D eigenvalue weighted by molar-refractivity contribution is -0.123. The number of nitrogens with zero attached hydrogens (tertiary/aromatic N) is 1. The molecule has 2 saturated heterocycles. The van der Waals surface area contributed by atoms with Gasteiger partial charge < -0.3 is 9.47 Å². The molecule has 0 radical (unpaired) electrons. The normalized spacial score (nSPS) is 25.0. The standard InChI is InChI=1S/C18H17NO3S2/c20-17-16(24-18(23)19(17)10-14-5-3-7-21-14)9-12-8-13-4-1-2-6-15(13)22-11-12/h1-2,4,6,8-9,14H,3,5,7,10-11H2/b16-9-/t14-/m0/s1. The summed E-state index contributed by atoms with van der Waals surface area (Å²) < 4.78 is 12.0. The molecule has 3 heterocycles. The van der Waals surface area contributed by atoms with Crippen molar-refractivity contribution in [3.05, 3.63) is 46.4 Å². The van der Waals surface area contributed by atoms with Crippen LogP contribution >= 0.6 is 24.0 Å². The van der Waals surface area contributed by atoms with Crippen molar-refractivity contribution in [3.8, 4) is 5.75 Å². The molecule has 1 amide bonds. The first-order valence-corrected chi connectivity index (χ1v) is 9.22. The molecule has 24 heavy (non-hydrogen) atoms. The molecule has 124 valence electrons. The van der Waals surface area contributed by atoms with Gasteiger partial charge in [-0.15, -0.1) is 0 Å². The number of hydrogen-bond acceptors (Lipinski definition) is 5. The Labute approximate surface area is 150 Å². The predicted molar refractivity (Wildman–Crippen MR) is 98.9 cm³/mol. The number of ether oxygens (including phenoxy) is 2. The Hall–Kier alpha value is -1.63. The summed E-state index contributed by atoms with van der Waals surface area (Å²) in [5, 5.41) is 0. The number of benzene rings is 1. The molecule has 3 aliphatic heterocycles. The van der Waals surface area contributed by atoms with Crippen molar-refractivity contribution in [2.75, 3.05) is 19.8 Å². The number of thioether (sulfide) groups is 1. The van der Waals surface area contributed by atoms with Gasteiger partial charge in [-0.2, -0.15) is 0 Å². The molecule has 4 nitrogen and oxygen atoms in total. The molecule has 3 aliphatic rings. The maximum atomic E-state index is 12.6. The quantitative estimate of drug-likeness (QED) is 0.611. The van der Waals surface area contributed by atoms with Gasteiger partial charge in [-0.1, -0.05) is 42.2 Å². The molecule has 0 unspecified atom stereocenters. The maximum Gasteiger partial charge on any atom is 0.266 e. The first-order chi connectivity index (χ1) is 11.7. The summed E-state index contributed by atoms with van der Waals surface area (Å²) in [6.45, 7) is 1.80. The van der Waals surface area contributed by atoms with Crippen LogP contribution in [0.4, 0.5) is 0 Å². The number of fused-ring (bicyclic) bond motifs is 1. The molecular weight excluding hydrogens is 342 g/mol. The lowest BCUT2D eigenvalue weighted by atomic mass is 10.1. The van der Waals surface area contributed by atoms with E-state index in [9.17, 15) is 4.79 Å². The van der Waals surface area contributed by atoms with Gasteiger partial charge in [0.2, 0.25) is 0 Å². The van der Waals surface area contributed by atoms with Crippen LogP contribution in [0.1, 0.15) is 18.4 Å². The van der Waals surface area contributed by atoms with Gasteiger partial charge in [-0.3, -0.25) is 9.69 Å². The molecule has 0 aromatic heterocycles. The lowest BCUT2D eigenvalue weighted by Crippen LogP contribution is -2.35. The highest BCUT2D eigenvalue weighted by molar-refractivity contribution is 8.26. The monoisotopic (exact) mass is 359 g/mol. The molecule has 0 saturated carbocycles. The minimum absolute atomic E-state index is 0.0275. The van der Waals surface area contributed by atoms with Crippen molar-refractivity contribution in [1.29, 1.82) is 0 Å². The number of para-hydroxylation sites is 1. The fourth-order valence-corrected chi connectivity index (χ4v) is 4.33. The van der Waals surface area contributed by atoms with Gasteiger partial charge in [0.05, 0.1) is 17.6 Å². The summed E-state index contributed by atoms with van der Waals surface area (Å²) in [6, 6.07) is 7.88. The lowest BCUT2D eigenvalue weighted by Gasteiger charge is -2.18. The van der Waals surface area contributed by atoms with Crippen molar-refractivity contribution in [2.45, 2.75) is 18.9 Å². The number of carbonyl (C=O) groups excluding carboxylic acids is 1. The predicted octanol–water partition coefficient (Wildman–Crippen LogP) is 3.39. The second-order valence-corrected chi connectivity index (χ2v) is 7.65. The number of amides is 1. The van der Waals surface area contributed by atoms with Crippen molar-refractivity contribution in [1.82, 2.24) is 4.90 Å². The highest BCUT2D eigenvalue weighted by Crippen LogP contribution is 2.34. The van der Waals surface area contributed by atoms with Crippen LogP contribution in [0.3, 0.4) is 0 Å². The first-order valence-electron chi connectivity index (χ1n) is 8.00. The maximum absolute atomic E-state index is 12.6. The zero-order chi connectivity index (χ0) is 16.5. The highest BCUT2D eigenvalue weighted by atomic mass is 32.2. The average Bonchev–Trinajstić information content (AvgIpc) is 3.19. The smallest absolute Gasteiger partial charge is 0.266 e. The molecule has 0 spiro atoms. The Kier molecular flexibility index (Phi) is 4.43. The Morgan fingerprint density at radius 1 is 1.38 bits per heavy atom. The molecule has 1 aromatic carbocycles. The van der Waals surface area contributed by atoms with Gasteiger partial charge in [-0.25, -0.2) is 0 Å². The van der Waals surface area contributed by atoms with Crippen LogP contribution in [-0.2, 0) is 9.53 Å². The topological polar surface area (TPSA) is 38.8 Å². The third-order valence-corrected chi connectivity index (χ3v) is 5.63. The molecule has 4 rings (SSSR count). The van der Waals surface area contributed by atoms with E-state index in [0.29, 0.717) is 22.4 Å². The van der Waals surface area contributed by atoms with Gasteiger partial charge >= 0.3 is 0 Å². The van der Waals surface area contributed by atoms with Crippen LogP contribution in [0.5, 0.6) is 5.75 Å². The Bertz CT molecular complexity index is 750. The first kappa shape index (κ1) is 15.9. The van der Waals surface area contributed by atoms with Crippen LogP contribution in [0.15, 0.2) is 40.8 Å². The van der Waals surface area contributed by atoms with Gasteiger partial charge in [-0.05, 0) is 36.6 Å². The SMILES string of the molecule is O=C1/C(=C/C2=Cc3ccccc3OC2)SC(=S)N1C[C@@H]1CCCO1. The van der Waals surface area contributed by atoms with E-state index >= 15 is 0 Å². The van der Waals surface area contributed by atoms with Gasteiger partial charge in [0.15, 0.2) is 0 Å². The van der Waals surface area contributed by atoms with E-state index in [0.717, 1.165) is 36.3 Å². The summed E-state index contributed by atoms with van der Waals surface area (Å²) in [7, 11) is 0. The fourth-order valence-electron chi connectivity index (χ4n) is 3.03. The number of carbonyl (C=O) groups is 1. The second kappa shape index (κ2) is 6.70. The number of rotatable bonds is 3. The van der Waals surface area contributed by atoms with Crippen LogP contribution < -0.4 is 4.74 Å². The summed E-state index contributed by atoms with van der Waals surface area (Å²) >= 11 is 6.74. The van der Waals surface area contributed by atoms with Crippen molar-refractivity contribution >= 4 is 40.3 Å². The van der Waals surface area contributed by atoms with E-state index in [2.05, 4.69) is 6.08 Å². The van der Waals surface area contributed by atoms with E-state index < -0.39 is 0 Å². The summed E-state index contributed by atoms with van der Waals surface area (Å²) in [5.74, 6) is 0.848. The van der Waals surface area contributed by atoms with Crippen LogP contribution in [-0.4, -0.2) is 41.0 Å². The molecule has 2 fully saturated rings. The minimum atomic E-state index is -0.0275. The molecule has 1 aromatic rings. The van der Waals surface area contributed by atoms with E-state index in [4.69, 9.17) is 21.7 Å². The minimum Gasteiger partial charge on any atom is -0.488 e. The van der Waals surface area contributed by atoms with Crippen molar-refractivity contribution < 1.29 is 14.3 Å². The Morgan fingerprint density at radius 3 is 3.08 bits per heavy atom. The molecule has 0 N–H and O–H groups in total. The van der Waals surface area contributed by atoms with E-state index in [1.807, 2.05) is 30.3 Å². The molecule has 1 atom stereocenters. The summed E-state index contributed by atoms with van der Waals surface area (Å²) in [4.78, 5) is 15.0. The second-order valence-electron chi connectivity index (χ2n) is 5.97. The van der Waals surface area contributed by atoms with Gasteiger partial charge in [0, 0.05) is 12.2 Å². The highest BCUT2D eigenvalue weighted by Gasteiger charge is 2.34. The third-order valence-electron chi connectivity index (χ3n) is 4.25. The third kappa shape index (κ3) is 3.14. The zero-order valence-electron chi connectivity index (χ0n) is 13.1. The van der Waals surface area contributed by atoms with E-state index in [-0.39, 0.29) is 12.0 Å². The van der Waals surface area contributed by atoms with Gasteiger partial charge in [0.25, 0.3) is 5.91 Å². The van der Waals surface area contributed by atoms with Crippen LogP contribution in [0.25, 0.3) is 6.08 Å². The van der Waals surface area contributed by atoms with Crippen LogP contribution in [0, 0.1) is 0 Å². The summed E-state index contributed by atoms with van der Waals surface area (Å²) in [6.07, 6.45) is 6.11. The average molecular weight is 359 g/mol. The molecular formula is C18H17NO3S2. The molecule has 6 heteroatoms. The largest absolute Gasteiger partial charge is 0.488 e. The summed E-state index contributed by atoms with van der Waals surface area (Å²) in [5.41, 5.74) is 2.01. The molecule has 0 bridgehead atoms. The van der Waals surface area contributed by atoms with E-state index in [1.165, 1.54) is 11.8 Å². The van der Waals surface area contributed by atoms with Crippen molar-refractivity contribution in [2.24, 2.45) is 0 Å². The number of thiocarbonyl (C=S) groups is 1. The van der Waals surface area contributed by atoms with Crippen LogP contribution in [0.2, 0.25) is 0 Å². The fraction of sp³-hybridized carbons (Fsp3) is 0.333. The van der Waals surface area contributed by atoms with Crippen molar-refractivity contribution in [3.63, 3.8) is 0 Å². The Balaban J connectivity index is 1.52. The molecule has 0 aliphatic carbocycles. The number of hydrogen-bond donors (Lipinski definition) is 0. The zero-order valence-corrected chi connectivity index (χ0v) is 14.7. The van der Waals surface area contributed by atoms with Gasteiger partial charge in [0.1, 0.15) is 16.7 Å². The Morgan fingerprint density at radius 2 is 2.25 bits per heavy atom. The van der Waals surface area contributed by atoms with E-state index in [1.54, 1.807) is 4.90 Å².